The summed E-state index contributed by atoms with van der Waals surface area (Å²) in [7, 11) is 0. The normalized spacial score (nSPS) is 20.1. The van der Waals surface area contributed by atoms with Gasteiger partial charge in [0.25, 0.3) is 0 Å². The number of hydrogen-bond acceptors (Lipinski definition) is 2. The molecule has 0 bridgehead atoms. The second-order valence-corrected chi connectivity index (χ2v) is 6.36. The molecule has 0 saturated heterocycles. The number of thiophene rings is 1. The number of halogens is 3. The molecule has 1 heterocycles. The molecule has 0 aliphatic heterocycles. The minimum Gasteiger partial charge on any atom is -0.388 e. The zero-order chi connectivity index (χ0) is 15.0. The fourth-order valence-corrected chi connectivity index (χ4v) is 3.95. The Hall–Kier alpha value is -1.33. The Labute approximate surface area is 125 Å². The highest BCUT2D eigenvalue weighted by Gasteiger charge is 2.32. The standard InChI is InChI=1S/C16H15F3OS/c17-16(18,19)11-6-4-10(5-7-11)15(20)13-2-1-3-14-12(13)8-9-21-14/h4-9,13,15,20H,1-3H2. The van der Waals surface area contributed by atoms with Gasteiger partial charge in [0.2, 0.25) is 0 Å². The highest BCUT2D eigenvalue weighted by atomic mass is 32.1. The Morgan fingerprint density at radius 1 is 1.14 bits per heavy atom. The summed E-state index contributed by atoms with van der Waals surface area (Å²) in [6.07, 6.45) is -2.18. The van der Waals surface area contributed by atoms with E-state index in [4.69, 9.17) is 0 Å². The van der Waals surface area contributed by atoms with Crippen LogP contribution in [0.4, 0.5) is 13.2 Å². The van der Waals surface area contributed by atoms with E-state index >= 15 is 0 Å². The molecule has 0 fully saturated rings. The number of aliphatic hydroxyl groups excluding tert-OH is 1. The van der Waals surface area contributed by atoms with E-state index in [0.29, 0.717) is 5.56 Å². The van der Waals surface area contributed by atoms with E-state index in [0.717, 1.165) is 37.0 Å². The fraction of sp³-hybridized carbons (Fsp3) is 0.375. The molecule has 112 valence electrons. The molecule has 2 unspecified atom stereocenters. The van der Waals surface area contributed by atoms with Crippen LogP contribution in [0.1, 0.15) is 46.4 Å². The molecule has 2 atom stereocenters. The van der Waals surface area contributed by atoms with Gasteiger partial charge in [-0.2, -0.15) is 13.2 Å². The van der Waals surface area contributed by atoms with E-state index in [2.05, 4.69) is 0 Å². The van der Waals surface area contributed by atoms with Crippen LogP contribution in [0.5, 0.6) is 0 Å². The van der Waals surface area contributed by atoms with Crippen molar-refractivity contribution in [2.24, 2.45) is 0 Å². The highest BCUT2D eigenvalue weighted by molar-refractivity contribution is 7.10. The van der Waals surface area contributed by atoms with Crippen LogP contribution in [0.15, 0.2) is 35.7 Å². The van der Waals surface area contributed by atoms with Crippen LogP contribution in [0.3, 0.4) is 0 Å². The van der Waals surface area contributed by atoms with Crippen molar-refractivity contribution >= 4 is 11.3 Å². The summed E-state index contributed by atoms with van der Waals surface area (Å²) in [5, 5.41) is 12.5. The summed E-state index contributed by atoms with van der Waals surface area (Å²) in [5.41, 5.74) is 1.02. The predicted molar refractivity (Wildman–Crippen MR) is 76.4 cm³/mol. The van der Waals surface area contributed by atoms with Gasteiger partial charge in [-0.15, -0.1) is 11.3 Å². The van der Waals surface area contributed by atoms with Crippen LogP contribution in [0.25, 0.3) is 0 Å². The van der Waals surface area contributed by atoms with Crippen LogP contribution in [0.2, 0.25) is 0 Å². The molecule has 21 heavy (non-hydrogen) atoms. The first-order chi connectivity index (χ1) is 9.97. The van der Waals surface area contributed by atoms with E-state index < -0.39 is 17.8 Å². The quantitative estimate of drug-likeness (QED) is 0.834. The first kappa shape index (κ1) is 14.6. The second kappa shape index (κ2) is 5.46. The topological polar surface area (TPSA) is 20.2 Å². The van der Waals surface area contributed by atoms with Crippen molar-refractivity contribution < 1.29 is 18.3 Å². The van der Waals surface area contributed by atoms with Crippen molar-refractivity contribution in [2.75, 3.05) is 0 Å². The summed E-state index contributed by atoms with van der Waals surface area (Å²) in [6, 6.07) is 6.87. The van der Waals surface area contributed by atoms with Gasteiger partial charge in [-0.05, 0) is 54.0 Å². The fourth-order valence-electron chi connectivity index (χ4n) is 2.95. The van der Waals surface area contributed by atoms with E-state index in [1.165, 1.54) is 17.0 Å². The number of benzene rings is 1. The molecular formula is C16H15F3OS. The lowest BCUT2D eigenvalue weighted by Crippen LogP contribution is -2.16. The van der Waals surface area contributed by atoms with Crippen LogP contribution >= 0.6 is 11.3 Å². The molecule has 0 radical (unpaired) electrons. The number of alkyl halides is 3. The predicted octanol–water partition coefficient (Wildman–Crippen LogP) is 4.92. The Kier molecular flexibility index (Phi) is 3.80. The summed E-state index contributed by atoms with van der Waals surface area (Å²) in [6.45, 7) is 0. The number of rotatable bonds is 2. The average molecular weight is 312 g/mol. The molecule has 2 aromatic rings. The van der Waals surface area contributed by atoms with Gasteiger partial charge in [0.05, 0.1) is 11.7 Å². The van der Waals surface area contributed by atoms with Crippen molar-refractivity contribution in [3.63, 3.8) is 0 Å². The Bertz CT molecular complexity index is 615. The first-order valence-corrected chi connectivity index (χ1v) is 7.76. The Balaban J connectivity index is 1.85. The lowest BCUT2D eigenvalue weighted by Gasteiger charge is -2.27. The summed E-state index contributed by atoms with van der Waals surface area (Å²) in [5.74, 6) is -0.0169. The summed E-state index contributed by atoms with van der Waals surface area (Å²) in [4.78, 5) is 1.29. The molecule has 3 rings (SSSR count). The van der Waals surface area contributed by atoms with Gasteiger partial charge in [-0.25, -0.2) is 0 Å². The average Bonchev–Trinajstić information content (AvgIpc) is 2.94. The zero-order valence-corrected chi connectivity index (χ0v) is 12.0. The number of fused-ring (bicyclic) bond motifs is 1. The monoisotopic (exact) mass is 312 g/mol. The molecule has 1 aliphatic carbocycles. The van der Waals surface area contributed by atoms with E-state index in [1.807, 2.05) is 11.4 Å². The molecule has 1 N–H and O–H groups in total. The van der Waals surface area contributed by atoms with Gasteiger partial charge in [0.1, 0.15) is 0 Å². The Morgan fingerprint density at radius 2 is 1.86 bits per heavy atom. The molecular weight excluding hydrogens is 297 g/mol. The maximum Gasteiger partial charge on any atom is 0.416 e. The first-order valence-electron chi connectivity index (χ1n) is 6.88. The van der Waals surface area contributed by atoms with Crippen molar-refractivity contribution in [3.8, 4) is 0 Å². The molecule has 1 aromatic carbocycles. The van der Waals surface area contributed by atoms with E-state index in [-0.39, 0.29) is 5.92 Å². The molecule has 1 nitrogen and oxygen atoms in total. The largest absolute Gasteiger partial charge is 0.416 e. The third kappa shape index (κ3) is 2.85. The third-order valence-corrected chi connectivity index (χ3v) is 5.06. The van der Waals surface area contributed by atoms with E-state index in [9.17, 15) is 18.3 Å². The van der Waals surface area contributed by atoms with Crippen molar-refractivity contribution in [1.29, 1.82) is 0 Å². The molecule has 0 amide bonds. The molecule has 5 heteroatoms. The minimum atomic E-state index is -4.34. The van der Waals surface area contributed by atoms with Crippen molar-refractivity contribution in [2.45, 2.75) is 37.5 Å². The molecule has 1 aromatic heterocycles. The molecule has 1 aliphatic rings. The van der Waals surface area contributed by atoms with Gasteiger partial charge in [0.15, 0.2) is 0 Å². The maximum absolute atomic E-state index is 12.6. The van der Waals surface area contributed by atoms with Crippen molar-refractivity contribution in [3.05, 3.63) is 57.3 Å². The molecule has 0 spiro atoms. The number of aryl methyl sites for hydroxylation is 1. The van der Waals surface area contributed by atoms with Gasteiger partial charge in [0, 0.05) is 10.8 Å². The van der Waals surface area contributed by atoms with E-state index in [1.54, 1.807) is 11.3 Å². The van der Waals surface area contributed by atoms with Crippen LogP contribution in [-0.4, -0.2) is 5.11 Å². The third-order valence-electron chi connectivity index (χ3n) is 4.06. The summed E-state index contributed by atoms with van der Waals surface area (Å²) >= 11 is 1.69. The van der Waals surface area contributed by atoms with Gasteiger partial charge < -0.3 is 5.11 Å². The minimum absolute atomic E-state index is 0.0169. The smallest absolute Gasteiger partial charge is 0.388 e. The lowest BCUT2D eigenvalue weighted by atomic mass is 9.81. The molecule has 0 saturated carbocycles. The van der Waals surface area contributed by atoms with Crippen molar-refractivity contribution in [1.82, 2.24) is 0 Å². The van der Waals surface area contributed by atoms with Gasteiger partial charge in [-0.3, -0.25) is 0 Å². The highest BCUT2D eigenvalue weighted by Crippen LogP contribution is 2.42. The second-order valence-electron chi connectivity index (χ2n) is 5.36. The maximum atomic E-state index is 12.6. The van der Waals surface area contributed by atoms with Gasteiger partial charge >= 0.3 is 6.18 Å². The van der Waals surface area contributed by atoms with Crippen LogP contribution in [-0.2, 0) is 12.6 Å². The number of aliphatic hydroxyl groups is 1. The van der Waals surface area contributed by atoms with Crippen LogP contribution < -0.4 is 0 Å². The lowest BCUT2D eigenvalue weighted by molar-refractivity contribution is -0.137. The number of hydrogen-bond donors (Lipinski definition) is 1. The van der Waals surface area contributed by atoms with Crippen LogP contribution in [0, 0.1) is 0 Å². The Morgan fingerprint density at radius 3 is 2.52 bits per heavy atom. The zero-order valence-electron chi connectivity index (χ0n) is 11.2. The summed E-state index contributed by atoms with van der Waals surface area (Å²) < 4.78 is 37.7. The van der Waals surface area contributed by atoms with Gasteiger partial charge in [-0.1, -0.05) is 12.1 Å². The SMILES string of the molecule is OC(c1ccc(C(F)(F)F)cc1)C1CCCc2sccc21.